The van der Waals surface area contributed by atoms with Gasteiger partial charge in [-0.3, -0.25) is 9.59 Å². The molecule has 0 spiro atoms. The molecule has 3 heterocycles. The minimum Gasteiger partial charge on any atom is -0.373 e. The maximum Gasteiger partial charge on any atom is 0.227 e. The third kappa shape index (κ3) is 4.68. The second-order valence-electron chi connectivity index (χ2n) is 8.25. The van der Waals surface area contributed by atoms with Crippen LogP contribution in [-0.4, -0.2) is 58.3 Å². The molecule has 2 aliphatic rings. The van der Waals surface area contributed by atoms with Crippen molar-refractivity contribution in [3.05, 3.63) is 52.7 Å². The van der Waals surface area contributed by atoms with Crippen molar-refractivity contribution >= 4 is 17.6 Å². The summed E-state index contributed by atoms with van der Waals surface area (Å²) in [4.78, 5) is 37.7. The highest BCUT2D eigenvalue weighted by atomic mass is 19.1. The van der Waals surface area contributed by atoms with Gasteiger partial charge < -0.3 is 15.1 Å². The summed E-state index contributed by atoms with van der Waals surface area (Å²) < 4.78 is 13.1. The SMILES string of the molecule is CNc1nc(C2CCN(C(C)=O)CC2)nc2c1CN(C(=O)Cc1ccc(F)cc1)CC2. The molecule has 0 aliphatic carbocycles. The minimum atomic E-state index is -0.304. The van der Waals surface area contributed by atoms with Crippen molar-refractivity contribution < 1.29 is 14.0 Å². The van der Waals surface area contributed by atoms with Crippen LogP contribution in [0.3, 0.4) is 0 Å². The van der Waals surface area contributed by atoms with E-state index in [4.69, 9.17) is 9.97 Å². The molecule has 0 saturated carbocycles. The third-order valence-corrected chi connectivity index (χ3v) is 6.24. The fourth-order valence-electron chi connectivity index (χ4n) is 4.38. The van der Waals surface area contributed by atoms with Crippen LogP contribution in [0.15, 0.2) is 24.3 Å². The van der Waals surface area contributed by atoms with Crippen molar-refractivity contribution in [1.29, 1.82) is 0 Å². The van der Waals surface area contributed by atoms with Gasteiger partial charge in [-0.1, -0.05) is 12.1 Å². The number of rotatable bonds is 4. The van der Waals surface area contributed by atoms with E-state index in [0.29, 0.717) is 19.5 Å². The molecule has 0 unspecified atom stereocenters. The van der Waals surface area contributed by atoms with Crippen molar-refractivity contribution in [3.8, 4) is 0 Å². The fraction of sp³-hybridized carbons (Fsp3) is 0.478. The first-order chi connectivity index (χ1) is 14.9. The van der Waals surface area contributed by atoms with Gasteiger partial charge in [0.05, 0.1) is 18.7 Å². The van der Waals surface area contributed by atoms with Gasteiger partial charge in [-0.15, -0.1) is 0 Å². The van der Waals surface area contributed by atoms with Crippen LogP contribution in [0.5, 0.6) is 0 Å². The molecular formula is C23H28FN5O2. The van der Waals surface area contributed by atoms with Gasteiger partial charge >= 0.3 is 0 Å². The molecule has 1 fully saturated rings. The maximum absolute atomic E-state index is 13.1. The zero-order valence-electron chi connectivity index (χ0n) is 18.0. The van der Waals surface area contributed by atoms with Crippen LogP contribution >= 0.6 is 0 Å². The Labute approximate surface area is 181 Å². The average Bonchev–Trinajstić information content (AvgIpc) is 2.79. The quantitative estimate of drug-likeness (QED) is 0.814. The Morgan fingerprint density at radius 3 is 2.45 bits per heavy atom. The van der Waals surface area contributed by atoms with Crippen molar-refractivity contribution in [1.82, 2.24) is 19.8 Å². The van der Waals surface area contributed by atoms with E-state index in [0.717, 1.165) is 54.4 Å². The lowest BCUT2D eigenvalue weighted by atomic mass is 9.95. The van der Waals surface area contributed by atoms with E-state index in [1.807, 2.05) is 16.8 Å². The van der Waals surface area contributed by atoms with Crippen LogP contribution in [0.25, 0.3) is 0 Å². The van der Waals surface area contributed by atoms with Gasteiger partial charge in [0.1, 0.15) is 17.5 Å². The summed E-state index contributed by atoms with van der Waals surface area (Å²) in [6.45, 7) is 4.16. The van der Waals surface area contributed by atoms with E-state index < -0.39 is 0 Å². The summed E-state index contributed by atoms with van der Waals surface area (Å²) in [5, 5.41) is 3.18. The van der Waals surface area contributed by atoms with E-state index >= 15 is 0 Å². The van der Waals surface area contributed by atoms with Gasteiger partial charge in [0, 0.05) is 51.5 Å². The summed E-state index contributed by atoms with van der Waals surface area (Å²) in [5.41, 5.74) is 2.76. The van der Waals surface area contributed by atoms with E-state index in [-0.39, 0.29) is 30.0 Å². The molecule has 31 heavy (non-hydrogen) atoms. The van der Waals surface area contributed by atoms with Gasteiger partial charge in [0.15, 0.2) is 0 Å². The number of amides is 2. The minimum absolute atomic E-state index is 0.0139. The molecule has 164 valence electrons. The maximum atomic E-state index is 13.1. The first-order valence-electron chi connectivity index (χ1n) is 10.8. The summed E-state index contributed by atoms with van der Waals surface area (Å²) in [5.74, 6) is 1.67. The van der Waals surface area contributed by atoms with Gasteiger partial charge in [-0.05, 0) is 30.5 Å². The molecule has 2 amide bonds. The topological polar surface area (TPSA) is 78.4 Å². The number of hydrogen-bond acceptors (Lipinski definition) is 5. The number of hydrogen-bond donors (Lipinski definition) is 1. The molecule has 1 aromatic carbocycles. The third-order valence-electron chi connectivity index (χ3n) is 6.24. The Bertz CT molecular complexity index is 953. The summed E-state index contributed by atoms with van der Waals surface area (Å²) >= 11 is 0. The second kappa shape index (κ2) is 8.99. The lowest BCUT2D eigenvalue weighted by Gasteiger charge is -2.33. The van der Waals surface area contributed by atoms with E-state index in [1.54, 1.807) is 19.1 Å². The normalized spacial score (nSPS) is 16.7. The zero-order chi connectivity index (χ0) is 22.0. The van der Waals surface area contributed by atoms with Crippen molar-refractivity contribution in [2.45, 2.75) is 45.1 Å². The number of nitrogens with one attached hydrogen (secondary N) is 1. The van der Waals surface area contributed by atoms with Crippen molar-refractivity contribution in [3.63, 3.8) is 0 Å². The molecule has 0 radical (unpaired) electrons. The number of anilines is 1. The number of nitrogens with zero attached hydrogens (tertiary/aromatic N) is 4. The first-order valence-corrected chi connectivity index (χ1v) is 10.8. The highest BCUT2D eigenvalue weighted by molar-refractivity contribution is 5.79. The number of piperidine rings is 1. The Hall–Kier alpha value is -3.03. The lowest BCUT2D eigenvalue weighted by molar-refractivity contribution is -0.131. The molecule has 0 bridgehead atoms. The molecular weight excluding hydrogens is 397 g/mol. The monoisotopic (exact) mass is 425 g/mol. The molecule has 0 atom stereocenters. The highest BCUT2D eigenvalue weighted by Gasteiger charge is 2.29. The van der Waals surface area contributed by atoms with Crippen LogP contribution in [-0.2, 0) is 29.0 Å². The second-order valence-corrected chi connectivity index (χ2v) is 8.25. The Morgan fingerprint density at radius 2 is 1.81 bits per heavy atom. The lowest BCUT2D eigenvalue weighted by Crippen LogP contribution is -2.39. The number of carbonyl (C=O) groups is 2. The average molecular weight is 426 g/mol. The van der Waals surface area contributed by atoms with Crippen LogP contribution < -0.4 is 5.32 Å². The molecule has 1 N–H and O–H groups in total. The van der Waals surface area contributed by atoms with Gasteiger partial charge in [-0.25, -0.2) is 14.4 Å². The predicted octanol–water partition coefficient (Wildman–Crippen LogP) is 2.51. The molecule has 1 aromatic heterocycles. The van der Waals surface area contributed by atoms with Crippen molar-refractivity contribution in [2.24, 2.45) is 0 Å². The summed E-state index contributed by atoms with van der Waals surface area (Å²) in [6, 6.07) is 6.06. The van der Waals surface area contributed by atoms with Crippen molar-refractivity contribution in [2.75, 3.05) is 32.0 Å². The molecule has 2 aromatic rings. The highest BCUT2D eigenvalue weighted by Crippen LogP contribution is 2.30. The summed E-state index contributed by atoms with van der Waals surface area (Å²) in [7, 11) is 1.84. The molecule has 8 heteroatoms. The van der Waals surface area contributed by atoms with Gasteiger partial charge in [0.25, 0.3) is 0 Å². The molecule has 7 nitrogen and oxygen atoms in total. The van der Waals surface area contributed by atoms with E-state index in [2.05, 4.69) is 5.32 Å². The Kier molecular flexibility index (Phi) is 6.15. The molecule has 2 aliphatic heterocycles. The van der Waals surface area contributed by atoms with Crippen LogP contribution in [0.4, 0.5) is 10.2 Å². The number of halogens is 1. The largest absolute Gasteiger partial charge is 0.373 e. The standard InChI is InChI=1S/C23H28FN5O2/c1-15(30)28-10-7-17(8-11-28)22-26-20-9-12-29(14-19(20)23(25-2)27-22)21(31)13-16-3-5-18(24)6-4-16/h3-6,17H,7-14H2,1-2H3,(H,25,26,27). The zero-order valence-corrected chi connectivity index (χ0v) is 18.0. The van der Waals surface area contributed by atoms with Crippen LogP contribution in [0, 0.1) is 5.82 Å². The number of fused-ring (bicyclic) bond motifs is 1. The number of benzene rings is 1. The summed E-state index contributed by atoms with van der Waals surface area (Å²) in [6.07, 6.45) is 2.66. The van der Waals surface area contributed by atoms with E-state index in [1.165, 1.54) is 12.1 Å². The Balaban J connectivity index is 1.47. The number of carbonyl (C=O) groups excluding carboxylic acids is 2. The fourth-order valence-corrected chi connectivity index (χ4v) is 4.38. The molecule has 1 saturated heterocycles. The van der Waals surface area contributed by atoms with Crippen LogP contribution in [0.2, 0.25) is 0 Å². The van der Waals surface area contributed by atoms with Crippen LogP contribution in [0.1, 0.15) is 48.3 Å². The van der Waals surface area contributed by atoms with Gasteiger partial charge in [0.2, 0.25) is 11.8 Å². The van der Waals surface area contributed by atoms with E-state index in [9.17, 15) is 14.0 Å². The predicted molar refractivity (Wildman–Crippen MR) is 115 cm³/mol. The smallest absolute Gasteiger partial charge is 0.227 e. The number of aromatic nitrogens is 2. The van der Waals surface area contributed by atoms with Gasteiger partial charge in [-0.2, -0.15) is 0 Å². The number of likely N-dealkylation sites (tertiary alicyclic amines) is 1. The Morgan fingerprint density at radius 1 is 1.10 bits per heavy atom. The molecule has 4 rings (SSSR count). The first kappa shape index (κ1) is 21.2.